The number of rotatable bonds is 9. The van der Waals surface area contributed by atoms with Crippen LogP contribution in [0.3, 0.4) is 0 Å². The average Bonchev–Trinajstić information content (AvgIpc) is 2.37. The summed E-state index contributed by atoms with van der Waals surface area (Å²) in [6.45, 7) is 4.01. The molecule has 5 heteroatoms. The average molecular weight is 291 g/mol. The van der Waals surface area contributed by atoms with E-state index >= 15 is 0 Å². The summed E-state index contributed by atoms with van der Waals surface area (Å²) in [5.74, 6) is 1.34. The molecule has 2 N–H and O–H groups in total. The van der Waals surface area contributed by atoms with E-state index < -0.39 is 16.9 Å². The minimum Gasteiger partial charge on any atom is -0.389 e. The number of hydrogen-bond acceptors (Lipinski definition) is 4. The molecule has 0 aliphatic heterocycles. The third-order valence-electron chi connectivity index (χ3n) is 3.70. The molecule has 0 heterocycles. The number of aliphatic hydroxyl groups excluding tert-OH is 1. The fourth-order valence-corrected chi connectivity index (χ4v) is 3.04. The van der Waals surface area contributed by atoms with Gasteiger partial charge in [0.2, 0.25) is 0 Å². The number of hydrogen-bond donors (Lipinski definition) is 2. The van der Waals surface area contributed by atoms with Crippen LogP contribution in [0.15, 0.2) is 0 Å². The van der Waals surface area contributed by atoms with Gasteiger partial charge in [0.1, 0.15) is 0 Å². The molecule has 0 amide bonds. The topological polar surface area (TPSA) is 58.6 Å². The van der Waals surface area contributed by atoms with Gasteiger partial charge in [-0.25, -0.2) is 0 Å². The van der Waals surface area contributed by atoms with Crippen molar-refractivity contribution in [1.82, 2.24) is 5.32 Å². The van der Waals surface area contributed by atoms with E-state index in [9.17, 15) is 9.32 Å². The van der Waals surface area contributed by atoms with Crippen molar-refractivity contribution in [2.45, 2.75) is 51.2 Å². The van der Waals surface area contributed by atoms with Crippen LogP contribution in [0.2, 0.25) is 0 Å². The van der Waals surface area contributed by atoms with Crippen LogP contribution in [0.5, 0.6) is 0 Å². The second-order valence-corrected chi connectivity index (χ2v) is 7.18. The van der Waals surface area contributed by atoms with Gasteiger partial charge in [-0.05, 0) is 31.7 Å². The minimum atomic E-state index is -0.718. The normalized spacial score (nSPS) is 27.1. The third-order valence-corrected chi connectivity index (χ3v) is 4.56. The van der Waals surface area contributed by atoms with Crippen molar-refractivity contribution < 1.29 is 14.1 Å². The van der Waals surface area contributed by atoms with E-state index in [1.54, 1.807) is 6.26 Å². The second-order valence-electron chi connectivity index (χ2n) is 5.62. The van der Waals surface area contributed by atoms with Crippen molar-refractivity contribution in [3.8, 4) is 0 Å². The van der Waals surface area contributed by atoms with Gasteiger partial charge in [-0.3, -0.25) is 4.21 Å². The summed E-state index contributed by atoms with van der Waals surface area (Å²) in [5, 5.41) is 13.0. The smallest absolute Gasteiger partial charge is 0.0897 e. The van der Waals surface area contributed by atoms with Crippen LogP contribution in [-0.2, 0) is 15.5 Å². The van der Waals surface area contributed by atoms with Crippen molar-refractivity contribution in [3.63, 3.8) is 0 Å². The molecule has 0 spiro atoms. The van der Waals surface area contributed by atoms with Crippen LogP contribution in [0.1, 0.15) is 39.0 Å². The molecule has 0 aromatic rings. The predicted molar refractivity (Wildman–Crippen MR) is 79.8 cm³/mol. The largest absolute Gasteiger partial charge is 0.389 e. The predicted octanol–water partition coefficient (Wildman–Crippen LogP) is 1.30. The fourth-order valence-electron chi connectivity index (χ4n) is 2.49. The summed E-state index contributed by atoms with van der Waals surface area (Å²) in [6, 6.07) is 0. The molecule has 1 saturated carbocycles. The highest BCUT2D eigenvalue weighted by atomic mass is 32.2. The standard InChI is InChI=1S/C14H29NO3S/c1-12-6-3-4-7-14(12)18-11-13(16)10-15-8-5-9-19(2)17/h12-16H,3-11H2,1-2H3. The van der Waals surface area contributed by atoms with E-state index in [0.717, 1.165) is 25.1 Å². The lowest BCUT2D eigenvalue weighted by Gasteiger charge is -2.29. The number of nitrogens with one attached hydrogen (secondary N) is 1. The summed E-state index contributed by atoms with van der Waals surface area (Å²) in [7, 11) is -0.718. The first-order chi connectivity index (χ1) is 9.09. The van der Waals surface area contributed by atoms with E-state index in [0.29, 0.717) is 25.2 Å². The van der Waals surface area contributed by atoms with E-state index in [4.69, 9.17) is 4.74 Å². The van der Waals surface area contributed by atoms with Crippen molar-refractivity contribution in [2.24, 2.45) is 5.92 Å². The maximum absolute atomic E-state index is 10.9. The highest BCUT2D eigenvalue weighted by Gasteiger charge is 2.22. The highest BCUT2D eigenvalue weighted by molar-refractivity contribution is 7.84. The molecule has 0 saturated heterocycles. The molecule has 1 aliphatic rings. The van der Waals surface area contributed by atoms with Crippen molar-refractivity contribution >= 4 is 10.8 Å². The maximum atomic E-state index is 10.9. The Labute approximate surface area is 119 Å². The quantitative estimate of drug-likeness (QED) is 0.629. The molecule has 1 aliphatic carbocycles. The molecule has 114 valence electrons. The van der Waals surface area contributed by atoms with Gasteiger partial charge in [-0.1, -0.05) is 19.8 Å². The van der Waals surface area contributed by atoms with Gasteiger partial charge in [-0.2, -0.15) is 0 Å². The monoisotopic (exact) mass is 291 g/mol. The fraction of sp³-hybridized carbons (Fsp3) is 1.00. The lowest BCUT2D eigenvalue weighted by atomic mass is 9.88. The van der Waals surface area contributed by atoms with Gasteiger partial charge in [0.15, 0.2) is 0 Å². The van der Waals surface area contributed by atoms with Crippen LogP contribution in [0.4, 0.5) is 0 Å². The Morgan fingerprint density at radius 3 is 2.84 bits per heavy atom. The van der Waals surface area contributed by atoms with Gasteiger partial charge in [0, 0.05) is 29.4 Å². The lowest BCUT2D eigenvalue weighted by Crippen LogP contribution is -2.35. The Bertz CT molecular complexity index is 263. The molecule has 0 radical (unpaired) electrons. The zero-order chi connectivity index (χ0) is 14.1. The molecule has 19 heavy (non-hydrogen) atoms. The summed E-state index contributed by atoms with van der Waals surface area (Å²) in [6.07, 6.45) is 7.41. The van der Waals surface area contributed by atoms with Crippen LogP contribution < -0.4 is 5.32 Å². The van der Waals surface area contributed by atoms with Crippen molar-refractivity contribution in [2.75, 3.05) is 31.7 Å². The Morgan fingerprint density at radius 2 is 2.16 bits per heavy atom. The lowest BCUT2D eigenvalue weighted by molar-refractivity contribution is -0.0450. The van der Waals surface area contributed by atoms with Gasteiger partial charge in [0.05, 0.1) is 18.8 Å². The Balaban J connectivity index is 2.01. The second kappa shape index (κ2) is 9.86. The summed E-state index contributed by atoms with van der Waals surface area (Å²) in [4.78, 5) is 0. The molecular weight excluding hydrogens is 262 g/mol. The first-order valence-electron chi connectivity index (χ1n) is 7.40. The van der Waals surface area contributed by atoms with Crippen molar-refractivity contribution in [1.29, 1.82) is 0 Å². The summed E-state index contributed by atoms with van der Waals surface area (Å²) < 4.78 is 16.7. The van der Waals surface area contributed by atoms with Gasteiger partial charge < -0.3 is 15.2 Å². The first-order valence-corrected chi connectivity index (χ1v) is 9.12. The zero-order valence-electron chi connectivity index (χ0n) is 12.3. The van der Waals surface area contributed by atoms with Crippen molar-refractivity contribution in [3.05, 3.63) is 0 Å². The zero-order valence-corrected chi connectivity index (χ0v) is 13.1. The molecule has 0 aromatic heterocycles. The van der Waals surface area contributed by atoms with Gasteiger partial charge >= 0.3 is 0 Å². The molecule has 4 unspecified atom stereocenters. The van der Waals surface area contributed by atoms with Gasteiger partial charge in [0.25, 0.3) is 0 Å². The van der Waals surface area contributed by atoms with Crippen LogP contribution in [0, 0.1) is 5.92 Å². The molecule has 1 fully saturated rings. The maximum Gasteiger partial charge on any atom is 0.0897 e. The van der Waals surface area contributed by atoms with Crippen LogP contribution in [0.25, 0.3) is 0 Å². The number of aliphatic hydroxyl groups is 1. The Kier molecular flexibility index (Phi) is 8.86. The van der Waals surface area contributed by atoms with Crippen LogP contribution >= 0.6 is 0 Å². The minimum absolute atomic E-state index is 0.325. The van der Waals surface area contributed by atoms with E-state index in [2.05, 4.69) is 12.2 Å². The Morgan fingerprint density at radius 1 is 1.42 bits per heavy atom. The third kappa shape index (κ3) is 8.02. The van der Waals surface area contributed by atoms with E-state index in [1.807, 2.05) is 0 Å². The molecule has 4 nitrogen and oxygen atoms in total. The Hall–Kier alpha value is 0.0300. The summed E-state index contributed by atoms with van der Waals surface area (Å²) in [5.41, 5.74) is 0. The molecule has 1 rings (SSSR count). The molecule has 0 aromatic carbocycles. The SMILES string of the molecule is CC1CCCCC1OCC(O)CNCCCS(C)=O. The molecule has 0 bridgehead atoms. The summed E-state index contributed by atoms with van der Waals surface area (Å²) >= 11 is 0. The highest BCUT2D eigenvalue weighted by Crippen LogP contribution is 2.26. The van der Waals surface area contributed by atoms with Gasteiger partial charge in [-0.15, -0.1) is 0 Å². The van der Waals surface area contributed by atoms with E-state index in [-0.39, 0.29) is 0 Å². The number of ether oxygens (including phenoxy) is 1. The molecular formula is C14H29NO3S. The first kappa shape index (κ1) is 17.1. The molecule has 4 atom stereocenters. The van der Waals surface area contributed by atoms with Crippen LogP contribution in [-0.4, -0.2) is 53.2 Å². The van der Waals surface area contributed by atoms with E-state index in [1.165, 1.54) is 19.3 Å².